The largest absolute Gasteiger partial charge is 0.478 e. The molecule has 0 aliphatic heterocycles. The van der Waals surface area contributed by atoms with Crippen LogP contribution in [0.15, 0.2) is 29.7 Å². The van der Waals surface area contributed by atoms with E-state index in [1.807, 2.05) is 0 Å². The second-order valence-electron chi connectivity index (χ2n) is 4.00. The van der Waals surface area contributed by atoms with Crippen LogP contribution in [0.3, 0.4) is 0 Å². The maximum Gasteiger partial charge on any atom is 0.328 e. The molecule has 0 unspecified atom stereocenters. The number of amides is 1. The van der Waals surface area contributed by atoms with Gasteiger partial charge in [-0.2, -0.15) is 0 Å². The molecule has 2 N–H and O–H groups in total. The van der Waals surface area contributed by atoms with Crippen LogP contribution in [0, 0.1) is 5.82 Å². The third kappa shape index (κ3) is 4.18. The van der Waals surface area contributed by atoms with Gasteiger partial charge in [0.1, 0.15) is 5.82 Å². The first-order valence-electron chi connectivity index (χ1n) is 5.81. The van der Waals surface area contributed by atoms with Crippen molar-refractivity contribution in [1.29, 1.82) is 0 Å². The first kappa shape index (κ1) is 14.8. The van der Waals surface area contributed by atoms with Crippen LogP contribution in [0.25, 0.3) is 6.08 Å². The van der Waals surface area contributed by atoms with Crippen LogP contribution in [0.2, 0.25) is 0 Å². The van der Waals surface area contributed by atoms with Gasteiger partial charge in [-0.1, -0.05) is 10.6 Å². The van der Waals surface area contributed by atoms with Crippen molar-refractivity contribution in [3.05, 3.63) is 52.3 Å². The lowest BCUT2D eigenvalue weighted by molar-refractivity contribution is -0.131. The van der Waals surface area contributed by atoms with Crippen molar-refractivity contribution in [2.75, 3.05) is 0 Å². The zero-order valence-electron chi connectivity index (χ0n) is 10.6. The van der Waals surface area contributed by atoms with Gasteiger partial charge in [0.15, 0.2) is 5.69 Å². The van der Waals surface area contributed by atoms with E-state index in [2.05, 4.69) is 14.9 Å². The van der Waals surface area contributed by atoms with Crippen molar-refractivity contribution in [3.63, 3.8) is 0 Å². The highest BCUT2D eigenvalue weighted by molar-refractivity contribution is 7.03. The molecule has 1 aromatic heterocycles. The smallest absolute Gasteiger partial charge is 0.328 e. The highest BCUT2D eigenvalue weighted by Crippen LogP contribution is 2.12. The number of benzene rings is 1. The Balaban J connectivity index is 2.07. The monoisotopic (exact) mass is 307 g/mol. The van der Waals surface area contributed by atoms with Gasteiger partial charge in [-0.25, -0.2) is 9.18 Å². The number of carboxylic acids is 1. The molecule has 2 aromatic rings. The van der Waals surface area contributed by atoms with Crippen molar-refractivity contribution in [2.45, 2.75) is 6.54 Å². The summed E-state index contributed by atoms with van der Waals surface area (Å²) in [6.45, 7) is -0.0308. The van der Waals surface area contributed by atoms with E-state index in [0.717, 1.165) is 17.6 Å². The number of hydrogen-bond donors (Lipinski definition) is 2. The summed E-state index contributed by atoms with van der Waals surface area (Å²) in [5.74, 6) is -2.03. The lowest BCUT2D eigenvalue weighted by atomic mass is 10.1. The number of nitrogens with zero attached hydrogens (tertiary/aromatic N) is 2. The fourth-order valence-corrected chi connectivity index (χ4v) is 1.97. The van der Waals surface area contributed by atoms with Gasteiger partial charge in [-0.15, -0.1) is 5.10 Å². The van der Waals surface area contributed by atoms with Crippen LogP contribution < -0.4 is 5.32 Å². The minimum Gasteiger partial charge on any atom is -0.478 e. The second-order valence-corrected chi connectivity index (χ2v) is 4.61. The van der Waals surface area contributed by atoms with Gasteiger partial charge in [0.25, 0.3) is 5.91 Å². The van der Waals surface area contributed by atoms with Crippen molar-refractivity contribution >= 4 is 29.5 Å². The average Bonchev–Trinajstić information content (AvgIpc) is 2.98. The molecule has 2 rings (SSSR count). The number of aromatic nitrogens is 2. The molecule has 108 valence electrons. The van der Waals surface area contributed by atoms with Gasteiger partial charge in [-0.05, 0) is 35.3 Å². The van der Waals surface area contributed by atoms with E-state index >= 15 is 0 Å². The fraction of sp³-hybridized carbons (Fsp3) is 0.0769. The van der Waals surface area contributed by atoms with Crippen LogP contribution in [-0.4, -0.2) is 26.6 Å². The summed E-state index contributed by atoms with van der Waals surface area (Å²) in [7, 11) is 0. The van der Waals surface area contributed by atoms with Gasteiger partial charge >= 0.3 is 5.97 Å². The van der Waals surface area contributed by atoms with E-state index in [4.69, 9.17) is 5.11 Å². The zero-order chi connectivity index (χ0) is 15.2. The minimum atomic E-state index is -1.09. The molecule has 0 aliphatic rings. The molecule has 0 bridgehead atoms. The first-order chi connectivity index (χ1) is 10.1. The molecule has 21 heavy (non-hydrogen) atoms. The van der Waals surface area contributed by atoms with Crippen LogP contribution in [0.4, 0.5) is 4.39 Å². The molecule has 0 saturated carbocycles. The molecule has 8 heteroatoms. The molecule has 1 amide bonds. The summed E-state index contributed by atoms with van der Waals surface area (Å²) in [6.07, 6.45) is 2.30. The van der Waals surface area contributed by atoms with Crippen LogP contribution in [-0.2, 0) is 11.3 Å². The maximum absolute atomic E-state index is 13.6. The van der Waals surface area contributed by atoms with Crippen molar-refractivity contribution in [1.82, 2.24) is 14.9 Å². The zero-order valence-corrected chi connectivity index (χ0v) is 11.4. The van der Waals surface area contributed by atoms with E-state index in [-0.39, 0.29) is 17.8 Å². The number of carbonyl (C=O) groups is 2. The molecular formula is C13H10FN3O3S. The Hall–Kier alpha value is -2.61. The van der Waals surface area contributed by atoms with Crippen molar-refractivity contribution < 1.29 is 19.1 Å². The number of halogens is 1. The van der Waals surface area contributed by atoms with Crippen LogP contribution in [0.5, 0.6) is 0 Å². The maximum atomic E-state index is 13.6. The summed E-state index contributed by atoms with van der Waals surface area (Å²) in [4.78, 5) is 22.1. The second kappa shape index (κ2) is 6.71. The summed E-state index contributed by atoms with van der Waals surface area (Å²) in [5, 5.41) is 16.2. The van der Waals surface area contributed by atoms with Crippen molar-refractivity contribution in [3.8, 4) is 0 Å². The standard InChI is InChI=1S/C13H10FN3O3S/c14-10-3-1-8(2-4-12(18)19)5-9(10)6-15-13(20)11-7-21-17-16-11/h1-5,7H,6H2,(H,15,20)(H,18,19). The molecule has 1 aromatic carbocycles. The lowest BCUT2D eigenvalue weighted by Gasteiger charge is -2.06. The number of nitrogens with one attached hydrogen (secondary N) is 1. The van der Waals surface area contributed by atoms with E-state index in [0.29, 0.717) is 5.56 Å². The molecule has 0 saturated heterocycles. The summed E-state index contributed by atoms with van der Waals surface area (Å²) in [6, 6.07) is 4.13. The van der Waals surface area contributed by atoms with E-state index < -0.39 is 17.7 Å². The highest BCUT2D eigenvalue weighted by atomic mass is 32.1. The van der Waals surface area contributed by atoms with Gasteiger partial charge in [0.2, 0.25) is 0 Å². The SMILES string of the molecule is O=C(O)C=Cc1ccc(F)c(CNC(=O)c2csnn2)c1. The Morgan fingerprint density at radius 2 is 2.24 bits per heavy atom. The first-order valence-corrected chi connectivity index (χ1v) is 6.64. The van der Waals surface area contributed by atoms with Gasteiger partial charge in [-0.3, -0.25) is 4.79 Å². The van der Waals surface area contributed by atoms with E-state index in [1.165, 1.54) is 29.7 Å². The van der Waals surface area contributed by atoms with E-state index in [9.17, 15) is 14.0 Å². The summed E-state index contributed by atoms with van der Waals surface area (Å²) >= 11 is 1.04. The van der Waals surface area contributed by atoms with Gasteiger partial charge < -0.3 is 10.4 Å². The number of aliphatic carboxylic acids is 1. The van der Waals surface area contributed by atoms with Gasteiger partial charge in [0, 0.05) is 23.6 Å². The number of carboxylic acid groups (broad SMARTS) is 1. The normalized spacial score (nSPS) is 10.7. The minimum absolute atomic E-state index is 0.0308. The molecule has 0 fully saturated rings. The fourth-order valence-electron chi connectivity index (χ4n) is 1.53. The third-order valence-electron chi connectivity index (χ3n) is 2.52. The Kier molecular flexibility index (Phi) is 4.72. The molecule has 0 aliphatic carbocycles. The molecule has 6 nitrogen and oxygen atoms in total. The number of hydrogen-bond acceptors (Lipinski definition) is 5. The third-order valence-corrected chi connectivity index (χ3v) is 3.02. The Morgan fingerprint density at radius 1 is 1.43 bits per heavy atom. The molecule has 0 atom stereocenters. The Labute approximate surface area is 123 Å². The van der Waals surface area contributed by atoms with E-state index in [1.54, 1.807) is 0 Å². The Bertz CT molecular complexity index is 686. The Morgan fingerprint density at radius 3 is 2.90 bits per heavy atom. The van der Waals surface area contributed by atoms with Crippen molar-refractivity contribution in [2.24, 2.45) is 0 Å². The average molecular weight is 307 g/mol. The highest BCUT2D eigenvalue weighted by Gasteiger charge is 2.10. The van der Waals surface area contributed by atoms with Gasteiger partial charge in [0.05, 0.1) is 0 Å². The summed E-state index contributed by atoms with van der Waals surface area (Å²) < 4.78 is 17.2. The predicted molar refractivity (Wildman–Crippen MR) is 74.1 cm³/mol. The molecule has 0 radical (unpaired) electrons. The van der Waals surface area contributed by atoms with Crippen LogP contribution >= 0.6 is 11.5 Å². The molecule has 0 spiro atoms. The quantitative estimate of drug-likeness (QED) is 0.820. The molecular weight excluding hydrogens is 297 g/mol. The number of carbonyl (C=O) groups excluding carboxylic acids is 1. The topological polar surface area (TPSA) is 92.2 Å². The predicted octanol–water partition coefficient (Wildman–Crippen LogP) is 1.71. The van der Waals surface area contributed by atoms with Crippen LogP contribution in [0.1, 0.15) is 21.6 Å². The summed E-state index contributed by atoms with van der Waals surface area (Å²) in [5.41, 5.74) is 0.944. The lowest BCUT2D eigenvalue weighted by Crippen LogP contribution is -2.23. The number of rotatable bonds is 5. The molecule has 1 heterocycles.